The smallest absolute Gasteiger partial charge is 0.211 e. The Hall–Kier alpha value is -0.650. The topological polar surface area (TPSA) is 38.1 Å². The lowest BCUT2D eigenvalue weighted by Crippen LogP contribution is -2.12. The first kappa shape index (κ1) is 11.8. The van der Waals surface area contributed by atoms with E-state index in [4.69, 9.17) is 4.42 Å². The fraction of sp³-hybridized carbons (Fsp3) is 0.364. The third-order valence-corrected chi connectivity index (χ3v) is 4.58. The van der Waals surface area contributed by atoms with E-state index in [1.54, 1.807) is 17.5 Å². The molecule has 16 heavy (non-hydrogen) atoms. The Morgan fingerprint density at radius 3 is 2.88 bits per heavy atom. The van der Waals surface area contributed by atoms with E-state index in [1.807, 2.05) is 14.0 Å². The zero-order valence-electron chi connectivity index (χ0n) is 9.37. The molecule has 2 heterocycles. The van der Waals surface area contributed by atoms with Gasteiger partial charge in [-0.15, -0.1) is 11.3 Å². The molecule has 2 aromatic heterocycles. The standard InChI is InChI=1S/C11H13BrN2OS/c1-6-4-9(16-10(6)12)8-5-14-11(15-8)7(2)13-3/h4-5,7,13H,1-3H3. The second-order valence-corrected chi connectivity index (χ2v) is 6.01. The molecule has 2 aromatic rings. The van der Waals surface area contributed by atoms with Crippen molar-refractivity contribution < 1.29 is 4.42 Å². The Kier molecular flexibility index (Phi) is 3.47. The molecule has 0 saturated carbocycles. The number of rotatable bonds is 3. The lowest BCUT2D eigenvalue weighted by molar-refractivity contribution is 0.442. The summed E-state index contributed by atoms with van der Waals surface area (Å²) in [6, 6.07) is 2.24. The summed E-state index contributed by atoms with van der Waals surface area (Å²) in [5, 5.41) is 3.10. The van der Waals surface area contributed by atoms with Crippen molar-refractivity contribution in [3.63, 3.8) is 0 Å². The molecule has 0 aromatic carbocycles. The summed E-state index contributed by atoms with van der Waals surface area (Å²) < 4.78 is 6.85. The van der Waals surface area contributed by atoms with Gasteiger partial charge in [0, 0.05) is 0 Å². The first-order valence-corrected chi connectivity index (χ1v) is 6.62. The predicted molar refractivity (Wildman–Crippen MR) is 69.7 cm³/mol. The minimum absolute atomic E-state index is 0.137. The fourth-order valence-electron chi connectivity index (χ4n) is 1.31. The summed E-state index contributed by atoms with van der Waals surface area (Å²) in [4.78, 5) is 5.37. The molecule has 0 aliphatic rings. The van der Waals surface area contributed by atoms with E-state index in [2.05, 4.69) is 39.2 Å². The van der Waals surface area contributed by atoms with Crippen LogP contribution in [0.25, 0.3) is 10.6 Å². The maximum absolute atomic E-state index is 5.71. The minimum Gasteiger partial charge on any atom is -0.438 e. The van der Waals surface area contributed by atoms with Gasteiger partial charge in [0.25, 0.3) is 0 Å². The van der Waals surface area contributed by atoms with Crippen LogP contribution >= 0.6 is 27.3 Å². The van der Waals surface area contributed by atoms with E-state index in [9.17, 15) is 0 Å². The third kappa shape index (κ3) is 2.21. The van der Waals surface area contributed by atoms with Gasteiger partial charge in [-0.2, -0.15) is 0 Å². The van der Waals surface area contributed by atoms with Gasteiger partial charge < -0.3 is 9.73 Å². The fourth-order valence-corrected chi connectivity index (χ4v) is 2.79. The SMILES string of the molecule is CNC(C)c1ncc(-c2cc(C)c(Br)s2)o1. The molecule has 0 bridgehead atoms. The van der Waals surface area contributed by atoms with Crippen LogP contribution in [0.5, 0.6) is 0 Å². The van der Waals surface area contributed by atoms with Crippen LogP contribution in [0.1, 0.15) is 24.4 Å². The van der Waals surface area contributed by atoms with Crippen LogP contribution in [0.3, 0.4) is 0 Å². The summed E-state index contributed by atoms with van der Waals surface area (Å²) in [5.74, 6) is 1.55. The number of thiophene rings is 1. The molecular weight excluding hydrogens is 288 g/mol. The van der Waals surface area contributed by atoms with E-state index >= 15 is 0 Å². The third-order valence-electron chi connectivity index (χ3n) is 2.43. The molecule has 1 atom stereocenters. The van der Waals surface area contributed by atoms with E-state index in [-0.39, 0.29) is 6.04 Å². The van der Waals surface area contributed by atoms with Gasteiger partial charge in [0.1, 0.15) is 0 Å². The zero-order chi connectivity index (χ0) is 11.7. The second kappa shape index (κ2) is 4.69. The van der Waals surface area contributed by atoms with Crippen LogP contribution in [0.2, 0.25) is 0 Å². The van der Waals surface area contributed by atoms with Gasteiger partial charge in [-0.1, -0.05) is 0 Å². The maximum atomic E-state index is 5.71. The summed E-state index contributed by atoms with van der Waals surface area (Å²) in [5.41, 5.74) is 1.22. The highest BCUT2D eigenvalue weighted by atomic mass is 79.9. The molecule has 0 fully saturated rings. The van der Waals surface area contributed by atoms with Crippen LogP contribution in [-0.2, 0) is 0 Å². The van der Waals surface area contributed by atoms with Crippen molar-refractivity contribution in [1.29, 1.82) is 0 Å². The Labute approximate surface area is 107 Å². The average Bonchev–Trinajstić information content (AvgIpc) is 2.86. The number of hydrogen-bond acceptors (Lipinski definition) is 4. The van der Waals surface area contributed by atoms with Gasteiger partial charge in [0.2, 0.25) is 5.89 Å². The zero-order valence-corrected chi connectivity index (χ0v) is 11.8. The maximum Gasteiger partial charge on any atom is 0.211 e. The van der Waals surface area contributed by atoms with E-state index < -0.39 is 0 Å². The highest BCUT2D eigenvalue weighted by Gasteiger charge is 2.13. The largest absolute Gasteiger partial charge is 0.438 e. The van der Waals surface area contributed by atoms with E-state index in [0.717, 1.165) is 20.3 Å². The Balaban J connectivity index is 2.31. The Bertz CT molecular complexity index is 472. The van der Waals surface area contributed by atoms with Gasteiger partial charge in [-0.3, -0.25) is 0 Å². The molecule has 0 saturated heterocycles. The number of nitrogens with zero attached hydrogens (tertiary/aromatic N) is 1. The molecule has 3 nitrogen and oxygen atoms in total. The van der Waals surface area contributed by atoms with Gasteiger partial charge >= 0.3 is 0 Å². The Morgan fingerprint density at radius 2 is 2.31 bits per heavy atom. The number of hydrogen-bond donors (Lipinski definition) is 1. The number of aromatic nitrogens is 1. The van der Waals surface area contributed by atoms with Crippen LogP contribution in [0.15, 0.2) is 20.5 Å². The van der Waals surface area contributed by atoms with Crippen LogP contribution in [0, 0.1) is 6.92 Å². The quantitative estimate of drug-likeness (QED) is 0.938. The second-order valence-electron chi connectivity index (χ2n) is 3.64. The van der Waals surface area contributed by atoms with Crippen LogP contribution < -0.4 is 5.32 Å². The molecule has 86 valence electrons. The van der Waals surface area contributed by atoms with Crippen molar-refractivity contribution in [2.45, 2.75) is 19.9 Å². The summed E-state index contributed by atoms with van der Waals surface area (Å²) in [6.45, 7) is 4.09. The summed E-state index contributed by atoms with van der Waals surface area (Å²) in [7, 11) is 1.89. The molecule has 1 unspecified atom stereocenters. The molecule has 0 aliphatic heterocycles. The van der Waals surface area contributed by atoms with Gasteiger partial charge in [-0.05, 0) is 48.5 Å². The molecule has 0 radical (unpaired) electrons. The number of nitrogens with one attached hydrogen (secondary N) is 1. The predicted octanol–water partition coefficient (Wildman–Crippen LogP) is 3.75. The van der Waals surface area contributed by atoms with Gasteiger partial charge in [0.15, 0.2) is 5.76 Å². The molecule has 0 amide bonds. The van der Waals surface area contributed by atoms with Crippen molar-refractivity contribution >= 4 is 27.3 Å². The van der Waals surface area contributed by atoms with E-state index in [0.29, 0.717) is 0 Å². The molecule has 0 spiro atoms. The normalized spacial score (nSPS) is 13.0. The lowest BCUT2D eigenvalue weighted by Gasteiger charge is -2.03. The molecule has 2 rings (SSSR count). The number of halogens is 1. The number of oxazole rings is 1. The van der Waals surface area contributed by atoms with Crippen molar-refractivity contribution in [2.75, 3.05) is 7.05 Å². The molecule has 5 heteroatoms. The van der Waals surface area contributed by atoms with E-state index in [1.165, 1.54) is 5.56 Å². The molecule has 1 N–H and O–H groups in total. The number of aryl methyl sites for hydroxylation is 1. The average molecular weight is 301 g/mol. The van der Waals surface area contributed by atoms with Crippen LogP contribution in [0.4, 0.5) is 0 Å². The highest BCUT2D eigenvalue weighted by molar-refractivity contribution is 9.11. The van der Waals surface area contributed by atoms with Crippen molar-refractivity contribution in [3.8, 4) is 10.6 Å². The Morgan fingerprint density at radius 1 is 1.56 bits per heavy atom. The lowest BCUT2D eigenvalue weighted by atomic mass is 10.3. The van der Waals surface area contributed by atoms with Crippen molar-refractivity contribution in [1.82, 2.24) is 10.3 Å². The molecule has 0 aliphatic carbocycles. The van der Waals surface area contributed by atoms with Gasteiger partial charge in [-0.25, -0.2) is 4.98 Å². The molecular formula is C11H13BrN2OS. The van der Waals surface area contributed by atoms with Crippen molar-refractivity contribution in [2.24, 2.45) is 0 Å². The van der Waals surface area contributed by atoms with Gasteiger partial charge in [0.05, 0.1) is 20.9 Å². The minimum atomic E-state index is 0.137. The summed E-state index contributed by atoms with van der Waals surface area (Å²) in [6.07, 6.45) is 1.78. The highest BCUT2D eigenvalue weighted by Crippen LogP contribution is 2.35. The first-order chi connectivity index (χ1) is 7.61. The van der Waals surface area contributed by atoms with Crippen LogP contribution in [-0.4, -0.2) is 12.0 Å². The monoisotopic (exact) mass is 300 g/mol. The summed E-state index contributed by atoms with van der Waals surface area (Å²) >= 11 is 5.17. The first-order valence-electron chi connectivity index (χ1n) is 5.01. The van der Waals surface area contributed by atoms with Crippen molar-refractivity contribution in [3.05, 3.63) is 27.5 Å².